The number of ether oxygens (including phenoxy) is 2. The molecule has 0 spiro atoms. The van der Waals surface area contributed by atoms with Crippen molar-refractivity contribution in [3.8, 4) is 5.75 Å². The fraction of sp³-hybridized carbons (Fsp3) is 0.533. The normalized spacial score (nSPS) is 15.7. The maximum absolute atomic E-state index is 11.9. The Balaban J connectivity index is 1.80. The molecule has 0 bridgehead atoms. The molecule has 5 nitrogen and oxygen atoms in total. The SMILES string of the molecule is COc1ccc(NCC(=O)NC2CCOCC2)c(C)c1. The van der Waals surface area contributed by atoms with Gasteiger partial charge in [0.25, 0.3) is 0 Å². The van der Waals surface area contributed by atoms with Gasteiger partial charge in [0.1, 0.15) is 5.75 Å². The highest BCUT2D eigenvalue weighted by molar-refractivity contribution is 5.81. The lowest BCUT2D eigenvalue weighted by atomic mass is 10.1. The molecule has 1 aliphatic rings. The van der Waals surface area contributed by atoms with Gasteiger partial charge in [0, 0.05) is 24.9 Å². The summed E-state index contributed by atoms with van der Waals surface area (Å²) in [7, 11) is 1.64. The zero-order chi connectivity index (χ0) is 14.4. The van der Waals surface area contributed by atoms with Crippen molar-refractivity contribution in [2.24, 2.45) is 0 Å². The molecule has 1 aliphatic heterocycles. The first-order valence-electron chi connectivity index (χ1n) is 6.94. The van der Waals surface area contributed by atoms with Crippen molar-refractivity contribution in [3.05, 3.63) is 23.8 Å². The summed E-state index contributed by atoms with van der Waals surface area (Å²) in [6.45, 7) is 3.73. The van der Waals surface area contributed by atoms with Gasteiger partial charge in [-0.25, -0.2) is 0 Å². The second-order valence-electron chi connectivity index (χ2n) is 4.99. The Kier molecular flexibility index (Phi) is 5.24. The molecule has 1 heterocycles. The van der Waals surface area contributed by atoms with E-state index >= 15 is 0 Å². The van der Waals surface area contributed by atoms with Crippen LogP contribution in [-0.2, 0) is 9.53 Å². The van der Waals surface area contributed by atoms with E-state index in [0.29, 0.717) is 0 Å². The van der Waals surface area contributed by atoms with Crippen LogP contribution in [0.5, 0.6) is 5.75 Å². The van der Waals surface area contributed by atoms with Crippen LogP contribution in [0.4, 0.5) is 5.69 Å². The fourth-order valence-corrected chi connectivity index (χ4v) is 2.26. The largest absolute Gasteiger partial charge is 0.497 e. The van der Waals surface area contributed by atoms with Gasteiger partial charge in [-0.2, -0.15) is 0 Å². The van der Waals surface area contributed by atoms with E-state index in [1.165, 1.54) is 0 Å². The third-order valence-corrected chi connectivity index (χ3v) is 3.46. The van der Waals surface area contributed by atoms with E-state index in [4.69, 9.17) is 9.47 Å². The number of methoxy groups -OCH3 is 1. The van der Waals surface area contributed by atoms with Crippen LogP contribution in [0.15, 0.2) is 18.2 Å². The minimum Gasteiger partial charge on any atom is -0.497 e. The lowest BCUT2D eigenvalue weighted by molar-refractivity contribution is -0.120. The molecule has 1 aromatic rings. The van der Waals surface area contributed by atoms with Gasteiger partial charge in [-0.1, -0.05) is 0 Å². The van der Waals surface area contributed by atoms with Crippen LogP contribution in [0.3, 0.4) is 0 Å². The molecule has 0 saturated carbocycles. The Labute approximate surface area is 119 Å². The third kappa shape index (κ3) is 4.13. The molecule has 1 amide bonds. The van der Waals surface area contributed by atoms with Gasteiger partial charge in [-0.05, 0) is 43.5 Å². The highest BCUT2D eigenvalue weighted by Crippen LogP contribution is 2.20. The number of hydrogen-bond donors (Lipinski definition) is 2. The lowest BCUT2D eigenvalue weighted by Gasteiger charge is -2.23. The first-order chi connectivity index (χ1) is 9.69. The molecule has 0 unspecified atom stereocenters. The van der Waals surface area contributed by atoms with Crippen molar-refractivity contribution < 1.29 is 14.3 Å². The average molecular weight is 278 g/mol. The van der Waals surface area contributed by atoms with Crippen molar-refractivity contribution in [2.45, 2.75) is 25.8 Å². The van der Waals surface area contributed by atoms with Gasteiger partial charge in [-0.15, -0.1) is 0 Å². The topological polar surface area (TPSA) is 59.6 Å². The molecule has 1 fully saturated rings. The maximum Gasteiger partial charge on any atom is 0.239 e. The van der Waals surface area contributed by atoms with Gasteiger partial charge < -0.3 is 20.1 Å². The van der Waals surface area contributed by atoms with Gasteiger partial charge in [0.2, 0.25) is 5.91 Å². The number of anilines is 1. The van der Waals surface area contributed by atoms with Gasteiger partial charge in [-0.3, -0.25) is 4.79 Å². The number of aryl methyl sites for hydroxylation is 1. The highest BCUT2D eigenvalue weighted by atomic mass is 16.5. The van der Waals surface area contributed by atoms with E-state index in [9.17, 15) is 4.79 Å². The number of amides is 1. The Hall–Kier alpha value is -1.75. The van der Waals surface area contributed by atoms with Crippen molar-refractivity contribution in [1.82, 2.24) is 5.32 Å². The molecular formula is C15H22N2O3. The fourth-order valence-electron chi connectivity index (χ4n) is 2.26. The highest BCUT2D eigenvalue weighted by Gasteiger charge is 2.15. The predicted octanol–water partition coefficient (Wildman–Crippen LogP) is 1.71. The van der Waals surface area contributed by atoms with E-state index in [-0.39, 0.29) is 18.5 Å². The van der Waals surface area contributed by atoms with E-state index in [0.717, 1.165) is 43.1 Å². The zero-order valence-electron chi connectivity index (χ0n) is 12.1. The van der Waals surface area contributed by atoms with Crippen molar-refractivity contribution in [2.75, 3.05) is 32.2 Å². The van der Waals surface area contributed by atoms with Crippen LogP contribution >= 0.6 is 0 Å². The maximum atomic E-state index is 11.9. The predicted molar refractivity (Wildman–Crippen MR) is 78.2 cm³/mol. The second-order valence-corrected chi connectivity index (χ2v) is 4.99. The molecule has 0 aromatic heterocycles. The van der Waals surface area contributed by atoms with Crippen LogP contribution in [0.2, 0.25) is 0 Å². The number of rotatable bonds is 5. The van der Waals surface area contributed by atoms with Crippen molar-refractivity contribution in [1.29, 1.82) is 0 Å². The van der Waals surface area contributed by atoms with E-state index in [1.54, 1.807) is 7.11 Å². The summed E-state index contributed by atoms with van der Waals surface area (Å²) >= 11 is 0. The number of carbonyl (C=O) groups is 1. The summed E-state index contributed by atoms with van der Waals surface area (Å²) in [5.41, 5.74) is 2.01. The molecule has 110 valence electrons. The Morgan fingerprint density at radius 3 is 2.80 bits per heavy atom. The molecule has 20 heavy (non-hydrogen) atoms. The molecule has 1 aromatic carbocycles. The lowest BCUT2D eigenvalue weighted by Crippen LogP contribution is -2.41. The molecular weight excluding hydrogens is 256 g/mol. The minimum atomic E-state index is 0.0205. The van der Waals surface area contributed by atoms with Crippen molar-refractivity contribution >= 4 is 11.6 Å². The summed E-state index contributed by atoms with van der Waals surface area (Å²) < 4.78 is 10.4. The van der Waals surface area contributed by atoms with Crippen LogP contribution in [0, 0.1) is 6.92 Å². The standard InChI is InChI=1S/C15H22N2O3/c1-11-9-13(19-2)3-4-14(11)16-10-15(18)17-12-5-7-20-8-6-12/h3-4,9,12,16H,5-8,10H2,1-2H3,(H,17,18). The van der Waals surface area contributed by atoms with E-state index in [2.05, 4.69) is 10.6 Å². The van der Waals surface area contributed by atoms with Gasteiger partial charge in [0.05, 0.1) is 13.7 Å². The first kappa shape index (κ1) is 14.7. The number of nitrogens with one attached hydrogen (secondary N) is 2. The number of carbonyl (C=O) groups excluding carboxylic acids is 1. The summed E-state index contributed by atoms with van der Waals surface area (Å²) in [6.07, 6.45) is 1.79. The molecule has 0 atom stereocenters. The molecule has 2 rings (SSSR count). The molecule has 1 saturated heterocycles. The minimum absolute atomic E-state index is 0.0205. The molecule has 2 N–H and O–H groups in total. The Bertz CT molecular complexity index is 456. The summed E-state index contributed by atoms with van der Waals surface area (Å²) in [5, 5.41) is 6.18. The zero-order valence-corrected chi connectivity index (χ0v) is 12.1. The summed E-state index contributed by atoms with van der Waals surface area (Å²) in [6, 6.07) is 6.00. The molecule has 0 aliphatic carbocycles. The van der Waals surface area contributed by atoms with E-state index in [1.807, 2.05) is 25.1 Å². The third-order valence-electron chi connectivity index (χ3n) is 3.46. The van der Waals surface area contributed by atoms with Crippen LogP contribution in [-0.4, -0.2) is 38.8 Å². The summed E-state index contributed by atoms with van der Waals surface area (Å²) in [5.74, 6) is 0.840. The van der Waals surface area contributed by atoms with Crippen molar-refractivity contribution in [3.63, 3.8) is 0 Å². The van der Waals surface area contributed by atoms with Gasteiger partial charge >= 0.3 is 0 Å². The second kappa shape index (κ2) is 7.14. The van der Waals surface area contributed by atoms with E-state index < -0.39 is 0 Å². The molecule has 0 radical (unpaired) electrons. The quantitative estimate of drug-likeness (QED) is 0.861. The number of hydrogen-bond acceptors (Lipinski definition) is 4. The smallest absolute Gasteiger partial charge is 0.239 e. The van der Waals surface area contributed by atoms with Gasteiger partial charge in [0.15, 0.2) is 0 Å². The monoisotopic (exact) mass is 278 g/mol. The Morgan fingerprint density at radius 1 is 1.40 bits per heavy atom. The van der Waals surface area contributed by atoms with Crippen LogP contribution in [0.25, 0.3) is 0 Å². The molecule has 5 heteroatoms. The van der Waals surface area contributed by atoms with Crippen LogP contribution in [0.1, 0.15) is 18.4 Å². The first-order valence-corrected chi connectivity index (χ1v) is 6.94. The number of benzene rings is 1. The van der Waals surface area contributed by atoms with Crippen LogP contribution < -0.4 is 15.4 Å². The average Bonchev–Trinajstić information content (AvgIpc) is 2.47. The Morgan fingerprint density at radius 2 is 2.15 bits per heavy atom. The summed E-state index contributed by atoms with van der Waals surface area (Å²) in [4.78, 5) is 11.9.